The molecule has 0 fully saturated rings. The Morgan fingerprint density at radius 3 is 2.11 bits per heavy atom. The van der Waals surface area contributed by atoms with Crippen LogP contribution in [-0.2, 0) is 0 Å². The van der Waals surface area contributed by atoms with E-state index >= 15 is 0 Å². The lowest BCUT2D eigenvalue weighted by molar-refractivity contribution is 0.101. The third-order valence-corrected chi connectivity index (χ3v) is 4.41. The molecular weight excluding hydrogens is 376 g/mol. The number of rotatable bonds is 5. The Labute approximate surface area is 168 Å². The largest absolute Gasteiger partial charge is 0.497 e. The number of ether oxygens (including phenoxy) is 1. The first-order valence-corrected chi connectivity index (χ1v) is 8.97. The molecule has 0 aromatic heterocycles. The van der Waals surface area contributed by atoms with Crippen molar-refractivity contribution >= 4 is 34.8 Å². The monoisotopic (exact) mass is 394 g/mol. The highest BCUT2D eigenvalue weighted by molar-refractivity contribution is 6.30. The lowest BCUT2D eigenvalue weighted by atomic mass is 10.1. The molecule has 0 spiro atoms. The van der Waals surface area contributed by atoms with Crippen LogP contribution in [0.3, 0.4) is 0 Å². The number of hydrogen-bond donors (Lipinski definition) is 2. The van der Waals surface area contributed by atoms with Gasteiger partial charge in [-0.25, -0.2) is 0 Å². The van der Waals surface area contributed by atoms with E-state index in [9.17, 15) is 9.59 Å². The maximum atomic E-state index is 12.4. The fraction of sp³-hybridized carbons (Fsp3) is 0.0909. The van der Waals surface area contributed by atoms with Gasteiger partial charge in [-0.05, 0) is 67.1 Å². The summed E-state index contributed by atoms with van der Waals surface area (Å²) in [5.41, 5.74) is 3.09. The second kappa shape index (κ2) is 8.59. The van der Waals surface area contributed by atoms with E-state index in [4.69, 9.17) is 16.3 Å². The molecule has 5 nitrogen and oxygen atoms in total. The van der Waals surface area contributed by atoms with Crippen LogP contribution in [-0.4, -0.2) is 18.9 Å². The number of aryl methyl sites for hydroxylation is 1. The molecule has 3 aromatic rings. The van der Waals surface area contributed by atoms with Crippen molar-refractivity contribution < 1.29 is 14.3 Å². The minimum Gasteiger partial charge on any atom is -0.497 e. The lowest BCUT2D eigenvalue weighted by Gasteiger charge is -2.10. The Balaban J connectivity index is 1.68. The number of anilines is 2. The predicted molar refractivity (Wildman–Crippen MR) is 112 cm³/mol. The van der Waals surface area contributed by atoms with Gasteiger partial charge < -0.3 is 15.4 Å². The van der Waals surface area contributed by atoms with Gasteiger partial charge in [-0.2, -0.15) is 0 Å². The minimum atomic E-state index is -0.270. The number of methoxy groups -OCH3 is 1. The molecule has 2 amide bonds. The molecule has 6 heteroatoms. The van der Waals surface area contributed by atoms with Crippen LogP contribution in [0.25, 0.3) is 0 Å². The predicted octanol–water partition coefficient (Wildman–Crippen LogP) is 5.16. The second-order valence-corrected chi connectivity index (χ2v) is 6.61. The van der Waals surface area contributed by atoms with Crippen LogP contribution < -0.4 is 15.4 Å². The van der Waals surface area contributed by atoms with E-state index < -0.39 is 0 Å². The molecule has 0 heterocycles. The van der Waals surface area contributed by atoms with Gasteiger partial charge in [0, 0.05) is 33.6 Å². The Kier molecular flexibility index (Phi) is 5.96. The van der Waals surface area contributed by atoms with Crippen LogP contribution in [0.2, 0.25) is 5.02 Å². The molecule has 0 aliphatic heterocycles. The van der Waals surface area contributed by atoms with Crippen molar-refractivity contribution in [2.75, 3.05) is 17.7 Å². The maximum Gasteiger partial charge on any atom is 0.255 e. The Hall–Kier alpha value is -3.31. The normalized spacial score (nSPS) is 10.2. The van der Waals surface area contributed by atoms with Crippen molar-refractivity contribution in [2.24, 2.45) is 0 Å². The molecule has 0 saturated heterocycles. The van der Waals surface area contributed by atoms with Gasteiger partial charge in [-0.15, -0.1) is 0 Å². The number of amides is 2. The zero-order valence-corrected chi connectivity index (χ0v) is 16.2. The molecule has 3 aromatic carbocycles. The first kappa shape index (κ1) is 19.5. The van der Waals surface area contributed by atoms with Crippen molar-refractivity contribution in [2.45, 2.75) is 6.92 Å². The summed E-state index contributed by atoms with van der Waals surface area (Å²) in [6, 6.07) is 18.8. The molecule has 0 unspecified atom stereocenters. The molecule has 0 atom stereocenters. The zero-order valence-electron chi connectivity index (χ0n) is 15.5. The summed E-state index contributed by atoms with van der Waals surface area (Å²) < 4.78 is 5.14. The fourth-order valence-electron chi connectivity index (χ4n) is 2.64. The lowest BCUT2D eigenvalue weighted by Crippen LogP contribution is -2.14. The van der Waals surface area contributed by atoms with Crippen molar-refractivity contribution in [1.82, 2.24) is 0 Å². The quantitative estimate of drug-likeness (QED) is 0.628. The summed E-state index contributed by atoms with van der Waals surface area (Å²) in [7, 11) is 1.57. The van der Waals surface area contributed by atoms with Crippen molar-refractivity contribution in [3.05, 3.63) is 88.4 Å². The number of carbonyl (C=O) groups excluding carboxylic acids is 2. The van der Waals surface area contributed by atoms with E-state index in [0.29, 0.717) is 33.3 Å². The van der Waals surface area contributed by atoms with E-state index in [0.717, 1.165) is 5.56 Å². The molecule has 3 rings (SSSR count). The molecule has 142 valence electrons. The van der Waals surface area contributed by atoms with Crippen molar-refractivity contribution in [3.8, 4) is 5.75 Å². The number of carbonyl (C=O) groups is 2. The smallest absolute Gasteiger partial charge is 0.255 e. The molecule has 0 bridgehead atoms. The number of benzene rings is 3. The number of hydrogen-bond acceptors (Lipinski definition) is 3. The summed E-state index contributed by atoms with van der Waals surface area (Å²) in [5.74, 6) is 0.126. The fourth-order valence-corrected chi connectivity index (χ4v) is 2.87. The van der Waals surface area contributed by atoms with Gasteiger partial charge in [0.15, 0.2) is 0 Å². The van der Waals surface area contributed by atoms with Crippen LogP contribution in [0, 0.1) is 6.92 Å². The second-order valence-electron chi connectivity index (χ2n) is 6.18. The molecule has 0 radical (unpaired) electrons. The molecule has 0 aliphatic rings. The Bertz CT molecular complexity index is 1020. The van der Waals surface area contributed by atoms with Crippen LogP contribution in [0.15, 0.2) is 66.7 Å². The summed E-state index contributed by atoms with van der Waals surface area (Å²) in [6.45, 7) is 1.87. The van der Waals surface area contributed by atoms with Crippen LogP contribution >= 0.6 is 11.6 Å². The minimum absolute atomic E-state index is 0.259. The van der Waals surface area contributed by atoms with Crippen LogP contribution in [0.5, 0.6) is 5.75 Å². The highest BCUT2D eigenvalue weighted by atomic mass is 35.5. The van der Waals surface area contributed by atoms with Gasteiger partial charge in [-0.1, -0.05) is 17.7 Å². The SMILES string of the molecule is COc1cccc(NC(=O)c2ccc(C(=O)Nc3ccc(Cl)cc3C)cc2)c1. The van der Waals surface area contributed by atoms with Crippen molar-refractivity contribution in [3.63, 3.8) is 0 Å². The number of nitrogens with one attached hydrogen (secondary N) is 2. The van der Waals surface area contributed by atoms with Crippen LogP contribution in [0.1, 0.15) is 26.3 Å². The van der Waals surface area contributed by atoms with Gasteiger partial charge in [0.25, 0.3) is 11.8 Å². The van der Waals surface area contributed by atoms with Gasteiger partial charge in [0.2, 0.25) is 0 Å². The van der Waals surface area contributed by atoms with Crippen LogP contribution in [0.4, 0.5) is 11.4 Å². The molecule has 28 heavy (non-hydrogen) atoms. The van der Waals surface area contributed by atoms with E-state index in [-0.39, 0.29) is 11.8 Å². The third-order valence-electron chi connectivity index (χ3n) is 4.17. The molecule has 0 saturated carbocycles. The summed E-state index contributed by atoms with van der Waals surface area (Å²) in [4.78, 5) is 24.8. The van der Waals surface area contributed by atoms with Gasteiger partial charge in [0.1, 0.15) is 5.75 Å². The van der Waals surface area contributed by atoms with Gasteiger partial charge in [-0.3, -0.25) is 9.59 Å². The maximum absolute atomic E-state index is 12.4. The standard InChI is InChI=1S/C22H19ClN2O3/c1-14-12-17(23)10-11-20(14)25-22(27)16-8-6-15(7-9-16)21(26)24-18-4-3-5-19(13-18)28-2/h3-13H,1-2H3,(H,24,26)(H,25,27). The average molecular weight is 395 g/mol. The third kappa shape index (κ3) is 4.69. The molecule has 2 N–H and O–H groups in total. The molecular formula is C22H19ClN2O3. The summed E-state index contributed by atoms with van der Waals surface area (Å²) >= 11 is 5.93. The van der Waals surface area contributed by atoms with E-state index in [1.54, 1.807) is 73.8 Å². The average Bonchev–Trinajstić information content (AvgIpc) is 2.70. The van der Waals surface area contributed by atoms with Gasteiger partial charge >= 0.3 is 0 Å². The topological polar surface area (TPSA) is 67.4 Å². The summed E-state index contributed by atoms with van der Waals surface area (Å²) in [5, 5.41) is 6.26. The Morgan fingerprint density at radius 1 is 0.857 bits per heavy atom. The Morgan fingerprint density at radius 2 is 1.50 bits per heavy atom. The van der Waals surface area contributed by atoms with E-state index in [1.807, 2.05) is 6.92 Å². The van der Waals surface area contributed by atoms with Crippen molar-refractivity contribution in [1.29, 1.82) is 0 Å². The van der Waals surface area contributed by atoms with Gasteiger partial charge in [0.05, 0.1) is 7.11 Å². The van der Waals surface area contributed by atoms with E-state index in [2.05, 4.69) is 10.6 Å². The number of halogens is 1. The highest BCUT2D eigenvalue weighted by Gasteiger charge is 2.11. The highest BCUT2D eigenvalue weighted by Crippen LogP contribution is 2.21. The van der Waals surface area contributed by atoms with E-state index in [1.165, 1.54) is 0 Å². The first-order valence-electron chi connectivity index (χ1n) is 8.59. The summed E-state index contributed by atoms with van der Waals surface area (Å²) in [6.07, 6.45) is 0. The first-order chi connectivity index (χ1) is 13.5. The zero-order chi connectivity index (χ0) is 20.1. The molecule has 0 aliphatic carbocycles.